The molecule has 1 nitrogen and oxygen atoms in total. The molecule has 0 atom stereocenters. The van der Waals surface area contributed by atoms with Gasteiger partial charge >= 0.3 is 0 Å². The van der Waals surface area contributed by atoms with Crippen molar-refractivity contribution in [2.45, 2.75) is 25.4 Å². The maximum absolute atomic E-state index is 13.9. The van der Waals surface area contributed by atoms with Crippen molar-refractivity contribution in [3.8, 4) is 11.1 Å². The third-order valence-electron chi connectivity index (χ3n) is 3.34. The molecular formula is C16H15ClFN. The number of halogens is 2. The SMILES string of the molecule is Fc1ccc(CNC2CC2)cc1-c1cccc(Cl)c1. The minimum atomic E-state index is -0.211. The van der Waals surface area contributed by atoms with Crippen LogP contribution in [0.2, 0.25) is 5.02 Å². The van der Waals surface area contributed by atoms with E-state index in [4.69, 9.17) is 11.6 Å². The molecule has 1 aliphatic carbocycles. The molecule has 1 aliphatic rings. The standard InChI is InChI=1S/C16H15ClFN/c17-13-3-1-2-12(9-13)15-8-11(4-7-16(15)18)10-19-14-5-6-14/h1-4,7-9,14,19H,5-6,10H2. The van der Waals surface area contributed by atoms with Gasteiger partial charge in [-0.05, 0) is 48.2 Å². The topological polar surface area (TPSA) is 12.0 Å². The summed E-state index contributed by atoms with van der Waals surface area (Å²) in [6.45, 7) is 0.790. The van der Waals surface area contributed by atoms with E-state index in [0.29, 0.717) is 16.6 Å². The van der Waals surface area contributed by atoms with Gasteiger partial charge in [0.1, 0.15) is 5.82 Å². The average molecular weight is 276 g/mol. The van der Waals surface area contributed by atoms with E-state index in [1.165, 1.54) is 18.9 Å². The monoisotopic (exact) mass is 275 g/mol. The van der Waals surface area contributed by atoms with Gasteiger partial charge in [-0.2, -0.15) is 0 Å². The average Bonchev–Trinajstić information content (AvgIpc) is 3.22. The highest BCUT2D eigenvalue weighted by Gasteiger charge is 2.20. The van der Waals surface area contributed by atoms with Gasteiger partial charge in [0.05, 0.1) is 0 Å². The molecule has 0 unspecified atom stereocenters. The largest absolute Gasteiger partial charge is 0.310 e. The molecule has 1 saturated carbocycles. The van der Waals surface area contributed by atoms with Crippen molar-refractivity contribution in [1.82, 2.24) is 5.32 Å². The summed E-state index contributed by atoms with van der Waals surface area (Å²) in [5, 5.41) is 4.06. The predicted octanol–water partition coefficient (Wildman–Crippen LogP) is 4.40. The molecule has 0 aromatic heterocycles. The molecule has 3 rings (SSSR count). The van der Waals surface area contributed by atoms with Crippen LogP contribution < -0.4 is 5.32 Å². The summed E-state index contributed by atoms with van der Waals surface area (Å²) < 4.78 is 13.9. The molecule has 0 aliphatic heterocycles. The van der Waals surface area contributed by atoms with Crippen molar-refractivity contribution in [3.05, 3.63) is 58.9 Å². The molecule has 0 saturated heterocycles. The second-order valence-electron chi connectivity index (χ2n) is 4.98. The Balaban J connectivity index is 1.88. The smallest absolute Gasteiger partial charge is 0.131 e. The third-order valence-corrected chi connectivity index (χ3v) is 3.57. The molecular weight excluding hydrogens is 261 g/mol. The minimum Gasteiger partial charge on any atom is -0.310 e. The van der Waals surface area contributed by atoms with Crippen molar-refractivity contribution >= 4 is 11.6 Å². The Morgan fingerprint density at radius 1 is 1.16 bits per heavy atom. The molecule has 98 valence electrons. The van der Waals surface area contributed by atoms with E-state index in [2.05, 4.69) is 5.32 Å². The fourth-order valence-electron chi connectivity index (χ4n) is 2.11. The van der Waals surface area contributed by atoms with Crippen molar-refractivity contribution in [1.29, 1.82) is 0 Å². The Bertz CT molecular complexity index is 593. The first-order valence-electron chi connectivity index (χ1n) is 6.50. The molecule has 3 heteroatoms. The zero-order valence-corrected chi connectivity index (χ0v) is 11.3. The van der Waals surface area contributed by atoms with E-state index in [9.17, 15) is 4.39 Å². The van der Waals surface area contributed by atoms with Crippen molar-refractivity contribution < 1.29 is 4.39 Å². The second kappa shape index (κ2) is 5.32. The quantitative estimate of drug-likeness (QED) is 0.872. The van der Waals surface area contributed by atoms with Crippen LogP contribution in [0.3, 0.4) is 0 Å². The molecule has 1 fully saturated rings. The molecule has 0 heterocycles. The van der Waals surface area contributed by atoms with Crippen molar-refractivity contribution in [3.63, 3.8) is 0 Å². The highest BCUT2D eigenvalue weighted by Crippen LogP contribution is 2.27. The first-order valence-corrected chi connectivity index (χ1v) is 6.88. The van der Waals surface area contributed by atoms with Crippen LogP contribution in [0.5, 0.6) is 0 Å². The van der Waals surface area contributed by atoms with Crippen molar-refractivity contribution in [2.75, 3.05) is 0 Å². The van der Waals surface area contributed by atoms with Gasteiger partial charge in [0.2, 0.25) is 0 Å². The molecule has 0 radical (unpaired) electrons. The van der Waals surface area contributed by atoms with Crippen molar-refractivity contribution in [2.24, 2.45) is 0 Å². The molecule has 0 amide bonds. The lowest BCUT2D eigenvalue weighted by atomic mass is 10.0. The molecule has 1 N–H and O–H groups in total. The summed E-state index contributed by atoms with van der Waals surface area (Å²) in [7, 11) is 0. The van der Waals surface area contributed by atoms with E-state index in [-0.39, 0.29) is 5.82 Å². The number of nitrogens with one attached hydrogen (secondary N) is 1. The van der Waals surface area contributed by atoms with Gasteiger partial charge in [0, 0.05) is 23.2 Å². The second-order valence-corrected chi connectivity index (χ2v) is 5.42. The number of rotatable bonds is 4. The van der Waals surface area contributed by atoms with Crippen LogP contribution in [0, 0.1) is 5.82 Å². The summed E-state index contributed by atoms with van der Waals surface area (Å²) in [5.41, 5.74) is 2.53. The zero-order valence-electron chi connectivity index (χ0n) is 10.5. The summed E-state index contributed by atoms with van der Waals surface area (Å²) in [4.78, 5) is 0. The van der Waals surface area contributed by atoms with Crippen LogP contribution in [-0.4, -0.2) is 6.04 Å². The summed E-state index contributed by atoms with van der Waals surface area (Å²) in [6.07, 6.45) is 2.50. The Labute approximate surface area is 117 Å². The Hall–Kier alpha value is -1.38. The lowest BCUT2D eigenvalue weighted by Crippen LogP contribution is -2.15. The van der Waals surface area contributed by atoms with E-state index >= 15 is 0 Å². The van der Waals surface area contributed by atoms with Crippen LogP contribution in [0.25, 0.3) is 11.1 Å². The van der Waals surface area contributed by atoms with Gasteiger partial charge in [-0.25, -0.2) is 4.39 Å². The van der Waals surface area contributed by atoms with E-state index < -0.39 is 0 Å². The summed E-state index contributed by atoms with van der Waals surface area (Å²) >= 11 is 5.96. The number of hydrogen-bond donors (Lipinski definition) is 1. The Morgan fingerprint density at radius 3 is 2.74 bits per heavy atom. The molecule has 2 aromatic carbocycles. The first-order chi connectivity index (χ1) is 9.22. The van der Waals surface area contributed by atoms with Gasteiger partial charge < -0.3 is 5.32 Å². The normalized spacial score (nSPS) is 14.6. The highest BCUT2D eigenvalue weighted by atomic mass is 35.5. The predicted molar refractivity (Wildman–Crippen MR) is 76.7 cm³/mol. The number of benzene rings is 2. The zero-order chi connectivity index (χ0) is 13.2. The minimum absolute atomic E-state index is 0.211. The van der Waals surface area contributed by atoms with E-state index in [0.717, 1.165) is 17.7 Å². The molecule has 0 spiro atoms. The van der Waals surface area contributed by atoms with Crippen LogP contribution in [0.4, 0.5) is 4.39 Å². The third kappa shape index (κ3) is 3.14. The van der Waals surface area contributed by atoms with E-state index in [1.807, 2.05) is 24.3 Å². The molecule has 2 aromatic rings. The first kappa shape index (κ1) is 12.6. The summed E-state index contributed by atoms with van der Waals surface area (Å²) in [5.74, 6) is -0.211. The van der Waals surface area contributed by atoms with Gasteiger partial charge in [-0.1, -0.05) is 29.8 Å². The highest BCUT2D eigenvalue weighted by molar-refractivity contribution is 6.30. The fourth-order valence-corrected chi connectivity index (χ4v) is 2.30. The molecule has 0 bridgehead atoms. The van der Waals surface area contributed by atoms with Gasteiger partial charge in [0.25, 0.3) is 0 Å². The van der Waals surface area contributed by atoms with E-state index in [1.54, 1.807) is 12.1 Å². The maximum atomic E-state index is 13.9. The lowest BCUT2D eigenvalue weighted by Gasteiger charge is -2.08. The Kier molecular flexibility index (Phi) is 3.54. The van der Waals surface area contributed by atoms with Gasteiger partial charge in [0.15, 0.2) is 0 Å². The summed E-state index contributed by atoms with van der Waals surface area (Å²) in [6, 6.07) is 13.2. The lowest BCUT2D eigenvalue weighted by molar-refractivity contribution is 0.628. The van der Waals surface area contributed by atoms with Gasteiger partial charge in [-0.3, -0.25) is 0 Å². The van der Waals surface area contributed by atoms with Crippen LogP contribution in [-0.2, 0) is 6.54 Å². The van der Waals surface area contributed by atoms with Gasteiger partial charge in [-0.15, -0.1) is 0 Å². The number of hydrogen-bond acceptors (Lipinski definition) is 1. The molecule has 19 heavy (non-hydrogen) atoms. The van der Waals surface area contributed by atoms with Crippen LogP contribution >= 0.6 is 11.6 Å². The fraction of sp³-hybridized carbons (Fsp3) is 0.250. The maximum Gasteiger partial charge on any atom is 0.131 e. The Morgan fingerprint density at radius 2 is 2.00 bits per heavy atom. The van der Waals surface area contributed by atoms with Crippen LogP contribution in [0.1, 0.15) is 18.4 Å². The van der Waals surface area contributed by atoms with Crippen LogP contribution in [0.15, 0.2) is 42.5 Å².